The Hall–Kier alpha value is -2.70. The molecule has 1 aromatic carbocycles. The molecule has 2 aliphatic rings. The summed E-state index contributed by atoms with van der Waals surface area (Å²) in [6, 6.07) is 8.60. The largest absolute Gasteiger partial charge is 0.368 e. The summed E-state index contributed by atoms with van der Waals surface area (Å²) in [7, 11) is -3.96. The molecule has 5 rings (SSSR count). The van der Waals surface area contributed by atoms with Crippen LogP contribution < -0.4 is 10.5 Å². The first-order valence-electron chi connectivity index (χ1n) is 12.8. The number of aromatic nitrogens is 2. The minimum atomic E-state index is -3.96. The number of nitrogens with zero attached hydrogens (tertiary/aromatic N) is 2. The van der Waals surface area contributed by atoms with Gasteiger partial charge in [-0.3, -0.25) is 8.98 Å². The number of nitrogens with one attached hydrogen (secondary N) is 1. The van der Waals surface area contributed by atoms with Crippen LogP contribution in [0.3, 0.4) is 0 Å². The Labute approximate surface area is 227 Å². The number of anilines is 1. The van der Waals surface area contributed by atoms with Crippen LogP contribution in [0.25, 0.3) is 0 Å². The maximum Gasteiger partial charge on any atom is 0.333 e. The molecule has 38 heavy (non-hydrogen) atoms. The van der Waals surface area contributed by atoms with Gasteiger partial charge in [0.15, 0.2) is 0 Å². The number of hydrogen-bond donors (Lipinski definition) is 2. The van der Waals surface area contributed by atoms with Crippen LogP contribution in [0.4, 0.5) is 5.82 Å². The van der Waals surface area contributed by atoms with Crippen molar-refractivity contribution in [3.8, 4) is 0 Å². The lowest BCUT2D eigenvalue weighted by atomic mass is 9.91. The number of rotatable bonds is 9. The Bertz CT molecular complexity index is 1440. The molecule has 1 saturated carbocycles. The molecule has 3 atom stereocenters. The van der Waals surface area contributed by atoms with Gasteiger partial charge in [-0.25, -0.2) is 15.1 Å². The maximum atomic E-state index is 13.7. The van der Waals surface area contributed by atoms with Gasteiger partial charge < -0.3 is 10.1 Å². The van der Waals surface area contributed by atoms with Crippen molar-refractivity contribution in [2.75, 3.05) is 18.5 Å². The van der Waals surface area contributed by atoms with E-state index in [-0.39, 0.29) is 30.5 Å². The van der Waals surface area contributed by atoms with E-state index in [9.17, 15) is 13.2 Å². The van der Waals surface area contributed by atoms with Crippen molar-refractivity contribution in [3.05, 3.63) is 74.4 Å². The first-order valence-corrected chi connectivity index (χ1v) is 15.1. The van der Waals surface area contributed by atoms with Gasteiger partial charge in [0.25, 0.3) is 0 Å². The standard InChI is InChI=1S/C27H32N4O5S2/c1-3-17-4-6-19-8-9-35-26(22(19)11-17)21-12-24(37-16(21)2)25(32)23-13-29-15-30-27(23)31-20-7-5-18(10-20)14-36-38(28,33)34/h4,6,11-13,15,18,20,26H,3,5,7-10,14H2,1-2H3,(H2,28,33,34)(H,29,30,31)/t18-,20+,26?/m1/s1. The lowest BCUT2D eigenvalue weighted by molar-refractivity contribution is 0.0697. The second-order valence-electron chi connectivity index (χ2n) is 9.92. The Kier molecular flexibility index (Phi) is 7.92. The molecule has 3 N–H and O–H groups in total. The predicted octanol–water partition coefficient (Wildman–Crippen LogP) is 4.10. The van der Waals surface area contributed by atoms with E-state index in [1.165, 1.54) is 34.4 Å². The fraction of sp³-hybridized carbons (Fsp3) is 0.444. The molecule has 0 bridgehead atoms. The third kappa shape index (κ3) is 5.97. The first kappa shape index (κ1) is 26.9. The van der Waals surface area contributed by atoms with Gasteiger partial charge in [-0.15, -0.1) is 11.3 Å². The summed E-state index contributed by atoms with van der Waals surface area (Å²) in [5, 5.41) is 8.32. The normalized spacial score (nSPS) is 21.3. The summed E-state index contributed by atoms with van der Waals surface area (Å²) in [4.78, 5) is 23.8. The predicted molar refractivity (Wildman–Crippen MR) is 146 cm³/mol. The maximum absolute atomic E-state index is 13.7. The van der Waals surface area contributed by atoms with Gasteiger partial charge in [0.1, 0.15) is 18.2 Å². The highest BCUT2D eigenvalue weighted by atomic mass is 32.2. The summed E-state index contributed by atoms with van der Waals surface area (Å²) < 4.78 is 33.2. The van der Waals surface area contributed by atoms with Gasteiger partial charge in [0.2, 0.25) is 5.78 Å². The molecule has 2 aromatic heterocycles. The number of ether oxygens (including phenoxy) is 1. The Morgan fingerprint density at radius 2 is 2.11 bits per heavy atom. The SMILES string of the molecule is CCc1ccc2c(c1)C(c1cc(C(=O)c3cncnc3N[C@H]3CC[C@@H](COS(N)(=O)=O)C3)sc1C)OCC2. The van der Waals surface area contributed by atoms with Crippen molar-refractivity contribution >= 4 is 33.2 Å². The number of hydrogen-bond acceptors (Lipinski definition) is 9. The fourth-order valence-electron chi connectivity index (χ4n) is 5.32. The molecule has 1 fully saturated rings. The van der Waals surface area contributed by atoms with Crippen LogP contribution in [0.5, 0.6) is 0 Å². The van der Waals surface area contributed by atoms with Crippen molar-refractivity contribution < 1.29 is 22.1 Å². The van der Waals surface area contributed by atoms with Gasteiger partial charge in [-0.1, -0.05) is 25.1 Å². The molecule has 0 radical (unpaired) electrons. The molecule has 0 amide bonds. The topological polar surface area (TPSA) is 133 Å². The number of nitrogens with two attached hydrogens (primary N) is 1. The first-order chi connectivity index (χ1) is 18.2. The zero-order valence-electron chi connectivity index (χ0n) is 21.5. The quantitative estimate of drug-likeness (QED) is 0.376. The number of thiophene rings is 1. The highest BCUT2D eigenvalue weighted by Crippen LogP contribution is 2.39. The Morgan fingerprint density at radius 3 is 2.89 bits per heavy atom. The number of carbonyl (C=O) groups excluding carboxylic acids is 1. The van der Waals surface area contributed by atoms with Crippen LogP contribution in [-0.4, -0.2) is 43.4 Å². The molecule has 11 heteroatoms. The van der Waals surface area contributed by atoms with Crippen molar-refractivity contribution in [1.29, 1.82) is 0 Å². The molecular weight excluding hydrogens is 524 g/mol. The molecule has 3 aromatic rings. The van der Waals surface area contributed by atoms with E-state index in [2.05, 4.69) is 40.4 Å². The molecule has 1 aliphatic carbocycles. The minimum absolute atomic E-state index is 0.0334. The van der Waals surface area contributed by atoms with E-state index in [0.717, 1.165) is 36.1 Å². The summed E-state index contributed by atoms with van der Waals surface area (Å²) >= 11 is 1.46. The van der Waals surface area contributed by atoms with Crippen LogP contribution in [-0.2, 0) is 32.1 Å². The monoisotopic (exact) mass is 556 g/mol. The highest BCUT2D eigenvalue weighted by molar-refractivity contribution is 7.84. The number of ketones is 1. The molecule has 3 heterocycles. The molecule has 1 aliphatic heterocycles. The van der Waals surface area contributed by atoms with Gasteiger partial charge >= 0.3 is 10.3 Å². The van der Waals surface area contributed by atoms with E-state index >= 15 is 0 Å². The van der Waals surface area contributed by atoms with Crippen molar-refractivity contribution in [2.24, 2.45) is 11.1 Å². The van der Waals surface area contributed by atoms with E-state index in [1.54, 1.807) is 6.20 Å². The van der Waals surface area contributed by atoms with Gasteiger partial charge in [0.05, 0.1) is 23.7 Å². The molecule has 0 saturated heterocycles. The van der Waals surface area contributed by atoms with Crippen LogP contribution >= 0.6 is 11.3 Å². The van der Waals surface area contributed by atoms with Crippen LogP contribution in [0.15, 0.2) is 36.8 Å². The van der Waals surface area contributed by atoms with Crippen LogP contribution in [0.2, 0.25) is 0 Å². The Balaban J connectivity index is 1.34. The summed E-state index contributed by atoms with van der Waals surface area (Å²) in [5.41, 5.74) is 5.17. The average molecular weight is 557 g/mol. The Morgan fingerprint density at radius 1 is 1.26 bits per heavy atom. The number of benzene rings is 1. The van der Waals surface area contributed by atoms with Gasteiger partial charge in [-0.2, -0.15) is 8.42 Å². The third-order valence-electron chi connectivity index (χ3n) is 7.33. The smallest absolute Gasteiger partial charge is 0.333 e. The summed E-state index contributed by atoms with van der Waals surface area (Å²) in [6.45, 7) is 4.87. The highest BCUT2D eigenvalue weighted by Gasteiger charge is 2.30. The zero-order chi connectivity index (χ0) is 26.9. The molecular formula is C27H32N4O5S2. The van der Waals surface area contributed by atoms with Crippen LogP contribution in [0.1, 0.15) is 74.7 Å². The molecule has 1 unspecified atom stereocenters. The van der Waals surface area contributed by atoms with Crippen LogP contribution in [0, 0.1) is 12.8 Å². The van der Waals surface area contributed by atoms with E-state index < -0.39 is 10.3 Å². The summed E-state index contributed by atoms with van der Waals surface area (Å²) in [5.74, 6) is 0.390. The lowest BCUT2D eigenvalue weighted by Crippen LogP contribution is -2.22. The van der Waals surface area contributed by atoms with Crippen molar-refractivity contribution in [3.63, 3.8) is 0 Å². The zero-order valence-corrected chi connectivity index (χ0v) is 23.1. The molecule has 9 nitrogen and oxygen atoms in total. The third-order valence-corrected chi connectivity index (χ3v) is 8.86. The number of fused-ring (bicyclic) bond motifs is 1. The minimum Gasteiger partial charge on any atom is -0.368 e. The second kappa shape index (κ2) is 11.2. The van der Waals surface area contributed by atoms with E-state index in [1.807, 2.05) is 13.0 Å². The molecule has 202 valence electrons. The van der Waals surface area contributed by atoms with E-state index in [4.69, 9.17) is 14.1 Å². The van der Waals surface area contributed by atoms with Gasteiger partial charge in [-0.05, 0) is 73.3 Å². The lowest BCUT2D eigenvalue weighted by Gasteiger charge is -2.27. The van der Waals surface area contributed by atoms with Crippen molar-refractivity contribution in [1.82, 2.24) is 9.97 Å². The van der Waals surface area contributed by atoms with Gasteiger partial charge in [0, 0.05) is 17.1 Å². The molecule has 0 spiro atoms. The number of carbonyl (C=O) groups is 1. The number of aryl methyl sites for hydroxylation is 2. The van der Waals surface area contributed by atoms with Crippen molar-refractivity contribution in [2.45, 2.75) is 58.1 Å². The van der Waals surface area contributed by atoms with E-state index in [0.29, 0.717) is 29.3 Å². The average Bonchev–Trinajstić information content (AvgIpc) is 3.52. The summed E-state index contributed by atoms with van der Waals surface area (Å²) in [6.07, 6.45) is 6.89. The fourth-order valence-corrected chi connectivity index (χ4v) is 6.71. The second-order valence-corrected chi connectivity index (χ2v) is 12.4.